The molecule has 0 spiro atoms. The minimum absolute atomic E-state index is 0.235. The quantitative estimate of drug-likeness (QED) is 0.430. The topological polar surface area (TPSA) is 60.2 Å². The third-order valence-electron chi connectivity index (χ3n) is 4.85. The number of hydrogen-bond donors (Lipinski definition) is 0. The number of sulfone groups is 1. The van der Waals surface area contributed by atoms with E-state index in [1.165, 1.54) is 12.3 Å². The summed E-state index contributed by atoms with van der Waals surface area (Å²) in [6, 6.07) is 21.1. The van der Waals surface area contributed by atoms with Gasteiger partial charge in [0, 0.05) is 23.8 Å². The molecule has 0 fully saturated rings. The van der Waals surface area contributed by atoms with Gasteiger partial charge in [0.1, 0.15) is 11.5 Å². The van der Waals surface area contributed by atoms with Crippen LogP contribution in [0.4, 0.5) is 4.39 Å². The van der Waals surface area contributed by atoms with Crippen LogP contribution in [0.1, 0.15) is 17.0 Å². The summed E-state index contributed by atoms with van der Waals surface area (Å²) < 4.78 is 43.4. The highest BCUT2D eigenvalue weighted by Gasteiger charge is 2.19. The number of rotatable bonds is 5. The van der Waals surface area contributed by atoms with Crippen molar-refractivity contribution in [1.82, 2.24) is 4.98 Å². The van der Waals surface area contributed by atoms with Crippen LogP contribution in [0, 0.1) is 12.7 Å². The van der Waals surface area contributed by atoms with Gasteiger partial charge in [-0.3, -0.25) is 0 Å². The van der Waals surface area contributed by atoms with Crippen molar-refractivity contribution in [1.29, 1.82) is 0 Å². The van der Waals surface area contributed by atoms with Crippen LogP contribution in [0.3, 0.4) is 0 Å². The van der Waals surface area contributed by atoms with Crippen LogP contribution in [0.25, 0.3) is 22.6 Å². The average Bonchev–Trinajstić information content (AvgIpc) is 3.14. The summed E-state index contributed by atoms with van der Waals surface area (Å²) in [5.41, 5.74) is 3.59. The van der Waals surface area contributed by atoms with Gasteiger partial charge in [0.15, 0.2) is 21.5 Å². The smallest absolute Gasteiger partial charge is 0.199 e. The Balaban J connectivity index is 1.81. The van der Waals surface area contributed by atoms with E-state index in [2.05, 4.69) is 4.98 Å². The summed E-state index contributed by atoms with van der Waals surface area (Å²) >= 11 is 0. The van der Waals surface area contributed by atoms with Crippen LogP contribution in [0.2, 0.25) is 0 Å². The van der Waals surface area contributed by atoms with Gasteiger partial charge in [-0.15, -0.1) is 0 Å². The van der Waals surface area contributed by atoms with Gasteiger partial charge in [0.2, 0.25) is 0 Å². The van der Waals surface area contributed by atoms with Gasteiger partial charge < -0.3 is 4.42 Å². The van der Waals surface area contributed by atoms with Gasteiger partial charge >= 0.3 is 0 Å². The molecule has 0 unspecified atom stereocenters. The lowest BCUT2D eigenvalue weighted by atomic mass is 10.0. The Morgan fingerprint density at radius 3 is 2.23 bits per heavy atom. The van der Waals surface area contributed by atoms with Crippen molar-refractivity contribution < 1.29 is 17.2 Å². The molecule has 4 rings (SSSR count). The van der Waals surface area contributed by atoms with Gasteiger partial charge in [-0.1, -0.05) is 42.5 Å². The van der Waals surface area contributed by atoms with E-state index in [0.29, 0.717) is 34.9 Å². The second-order valence-corrected chi connectivity index (χ2v) is 9.22. The first-order valence-electron chi connectivity index (χ1n) is 9.42. The maximum absolute atomic E-state index is 13.8. The first-order chi connectivity index (χ1) is 14.3. The Bertz CT molecular complexity index is 1290. The molecule has 1 aromatic heterocycles. The van der Waals surface area contributed by atoms with Crippen molar-refractivity contribution in [3.8, 4) is 22.6 Å². The van der Waals surface area contributed by atoms with Crippen molar-refractivity contribution in [2.75, 3.05) is 6.26 Å². The SMILES string of the molecule is Cc1cc(-c2oc(Cc3ccccc3)nc2-c2ccc(S(C)(=O)=O)cc2)ccc1F. The molecular weight excluding hydrogens is 401 g/mol. The molecule has 0 saturated carbocycles. The van der Waals surface area contributed by atoms with Crippen molar-refractivity contribution in [2.45, 2.75) is 18.2 Å². The molecule has 152 valence electrons. The van der Waals surface area contributed by atoms with Crippen molar-refractivity contribution >= 4 is 9.84 Å². The maximum Gasteiger partial charge on any atom is 0.199 e. The standard InChI is InChI=1S/C24H20FNO3S/c1-16-14-19(10-13-21(16)25)24-23(18-8-11-20(12-9-18)30(2,27)28)26-22(29-24)15-17-6-4-3-5-7-17/h3-14H,15H2,1-2H3. The predicted octanol–water partition coefficient (Wildman–Crippen LogP) is 5.45. The molecule has 6 heteroatoms. The predicted molar refractivity (Wildman–Crippen MR) is 114 cm³/mol. The van der Waals surface area contributed by atoms with E-state index in [4.69, 9.17) is 4.42 Å². The Morgan fingerprint density at radius 1 is 0.933 bits per heavy atom. The molecule has 0 aliphatic heterocycles. The molecule has 0 N–H and O–H groups in total. The van der Waals surface area contributed by atoms with Gasteiger partial charge in [0.25, 0.3) is 0 Å². The molecule has 0 saturated heterocycles. The summed E-state index contributed by atoms with van der Waals surface area (Å²) in [4.78, 5) is 4.92. The molecule has 0 aliphatic rings. The third kappa shape index (κ3) is 4.19. The van der Waals surface area contributed by atoms with Gasteiger partial charge in [-0.2, -0.15) is 0 Å². The first kappa shape index (κ1) is 20.0. The highest BCUT2D eigenvalue weighted by Crippen LogP contribution is 2.34. The second kappa shape index (κ2) is 7.88. The van der Waals surface area contributed by atoms with E-state index in [-0.39, 0.29) is 10.7 Å². The highest BCUT2D eigenvalue weighted by atomic mass is 32.2. The molecule has 0 aliphatic carbocycles. The zero-order chi connectivity index (χ0) is 21.3. The number of aryl methyl sites for hydroxylation is 1. The summed E-state index contributed by atoms with van der Waals surface area (Å²) in [7, 11) is -3.30. The third-order valence-corrected chi connectivity index (χ3v) is 5.97. The van der Waals surface area contributed by atoms with Crippen molar-refractivity contribution in [2.24, 2.45) is 0 Å². The molecule has 0 atom stereocenters. The van der Waals surface area contributed by atoms with E-state index in [1.54, 1.807) is 43.3 Å². The minimum Gasteiger partial charge on any atom is -0.440 e. The average molecular weight is 421 g/mol. The summed E-state index contributed by atoms with van der Waals surface area (Å²) in [5, 5.41) is 0. The molecule has 0 amide bonds. The number of hydrogen-bond acceptors (Lipinski definition) is 4. The van der Waals surface area contributed by atoms with Gasteiger partial charge in [-0.05, 0) is 48.4 Å². The lowest BCUT2D eigenvalue weighted by molar-refractivity contribution is 0.519. The maximum atomic E-state index is 13.8. The summed E-state index contributed by atoms with van der Waals surface area (Å²) in [6.07, 6.45) is 1.68. The fraction of sp³-hybridized carbons (Fsp3) is 0.125. The lowest BCUT2D eigenvalue weighted by Gasteiger charge is -2.05. The van der Waals surface area contributed by atoms with Crippen LogP contribution in [-0.4, -0.2) is 19.7 Å². The normalized spacial score (nSPS) is 11.6. The van der Waals surface area contributed by atoms with Gasteiger partial charge in [0.05, 0.1) is 4.90 Å². The van der Waals surface area contributed by atoms with Crippen LogP contribution in [-0.2, 0) is 16.3 Å². The number of oxazole rings is 1. The minimum atomic E-state index is -3.30. The van der Waals surface area contributed by atoms with Crippen molar-refractivity contribution in [3.05, 3.63) is 95.6 Å². The van der Waals surface area contributed by atoms with E-state index < -0.39 is 9.84 Å². The van der Waals surface area contributed by atoms with E-state index in [9.17, 15) is 12.8 Å². The molecule has 3 aromatic carbocycles. The summed E-state index contributed by atoms with van der Waals surface area (Å²) in [6.45, 7) is 1.70. The Labute approximate surface area is 175 Å². The zero-order valence-corrected chi connectivity index (χ0v) is 17.4. The molecule has 0 bridgehead atoms. The van der Waals surface area contributed by atoms with Crippen LogP contribution in [0.5, 0.6) is 0 Å². The van der Waals surface area contributed by atoms with Crippen molar-refractivity contribution in [3.63, 3.8) is 0 Å². The second-order valence-electron chi connectivity index (χ2n) is 7.21. The van der Waals surface area contributed by atoms with E-state index in [1.807, 2.05) is 30.3 Å². The molecule has 4 aromatic rings. The fourth-order valence-corrected chi connectivity index (χ4v) is 3.88. The number of nitrogens with zero attached hydrogens (tertiary/aromatic N) is 1. The first-order valence-corrected chi connectivity index (χ1v) is 11.3. The monoisotopic (exact) mass is 421 g/mol. The van der Waals surface area contributed by atoms with Crippen LogP contribution in [0.15, 0.2) is 82.1 Å². The summed E-state index contributed by atoms with van der Waals surface area (Å²) in [5.74, 6) is 0.762. The number of halogens is 1. The molecule has 30 heavy (non-hydrogen) atoms. The number of aromatic nitrogens is 1. The van der Waals surface area contributed by atoms with Crippen LogP contribution >= 0.6 is 0 Å². The molecular formula is C24H20FNO3S. The Morgan fingerprint density at radius 2 is 1.60 bits per heavy atom. The fourth-order valence-electron chi connectivity index (χ4n) is 3.25. The van der Waals surface area contributed by atoms with Crippen LogP contribution < -0.4 is 0 Å². The largest absolute Gasteiger partial charge is 0.440 e. The van der Waals surface area contributed by atoms with E-state index >= 15 is 0 Å². The Hall–Kier alpha value is -3.25. The van der Waals surface area contributed by atoms with E-state index in [0.717, 1.165) is 11.1 Å². The lowest BCUT2D eigenvalue weighted by Crippen LogP contribution is -1.96. The highest BCUT2D eigenvalue weighted by molar-refractivity contribution is 7.90. The molecule has 0 radical (unpaired) electrons. The Kier molecular flexibility index (Phi) is 5.26. The van der Waals surface area contributed by atoms with Gasteiger partial charge in [-0.25, -0.2) is 17.8 Å². The zero-order valence-electron chi connectivity index (χ0n) is 16.6. The molecule has 1 heterocycles. The molecule has 4 nitrogen and oxygen atoms in total. The number of benzene rings is 3.